The molecule has 0 saturated carbocycles. The van der Waals surface area contributed by atoms with E-state index in [0.29, 0.717) is 11.6 Å². The molecular weight excluding hydrogens is 384 g/mol. The van der Waals surface area contributed by atoms with Crippen molar-refractivity contribution in [3.05, 3.63) is 78.4 Å². The van der Waals surface area contributed by atoms with Gasteiger partial charge in [0.15, 0.2) is 0 Å². The number of nitrogens with one attached hydrogen (secondary N) is 1. The topological polar surface area (TPSA) is 52.2 Å². The molecule has 1 saturated heterocycles. The van der Waals surface area contributed by atoms with E-state index in [9.17, 15) is 4.79 Å². The third-order valence-electron chi connectivity index (χ3n) is 6.26. The Bertz CT molecular complexity index is 1230. The van der Waals surface area contributed by atoms with E-state index in [1.54, 1.807) is 0 Å². The van der Waals surface area contributed by atoms with Gasteiger partial charge in [0.2, 0.25) is 0 Å². The highest BCUT2D eigenvalue weighted by atomic mass is 16.2. The number of fused-ring (bicyclic) bond motifs is 1. The average Bonchev–Trinajstić information content (AvgIpc) is 3.46. The van der Waals surface area contributed by atoms with Crippen molar-refractivity contribution >= 4 is 16.8 Å². The van der Waals surface area contributed by atoms with Gasteiger partial charge in [0, 0.05) is 35.6 Å². The predicted molar refractivity (Wildman–Crippen MR) is 125 cm³/mol. The molecule has 2 heterocycles. The molecule has 4 aromatic rings. The number of rotatable bonds is 4. The molecule has 1 fully saturated rings. The predicted octanol–water partition coefficient (Wildman–Crippen LogP) is 4.67. The summed E-state index contributed by atoms with van der Waals surface area (Å²) in [6, 6.07) is 24.9. The fourth-order valence-corrected chi connectivity index (χ4v) is 4.44. The van der Waals surface area contributed by atoms with Crippen LogP contribution in [-0.4, -0.2) is 59.1 Å². The lowest BCUT2D eigenvalue weighted by Crippen LogP contribution is -2.34. The first-order valence-corrected chi connectivity index (χ1v) is 10.7. The Labute approximate surface area is 182 Å². The van der Waals surface area contributed by atoms with E-state index in [4.69, 9.17) is 0 Å². The number of nitrogens with zero attached hydrogens (tertiary/aromatic N) is 3. The van der Waals surface area contributed by atoms with Crippen molar-refractivity contribution in [2.45, 2.75) is 12.5 Å². The normalized spacial score (nSPS) is 16.4. The van der Waals surface area contributed by atoms with Crippen LogP contribution in [0.5, 0.6) is 0 Å². The average molecular weight is 411 g/mol. The van der Waals surface area contributed by atoms with Crippen LogP contribution in [0, 0.1) is 0 Å². The van der Waals surface area contributed by atoms with Crippen LogP contribution in [0.1, 0.15) is 16.8 Å². The largest absolute Gasteiger partial charge is 0.337 e. The van der Waals surface area contributed by atoms with Crippen molar-refractivity contribution < 1.29 is 4.79 Å². The molecular formula is C26H26N4O. The smallest absolute Gasteiger partial charge is 0.253 e. The summed E-state index contributed by atoms with van der Waals surface area (Å²) in [6.45, 7) is 1.58. The van der Waals surface area contributed by atoms with Gasteiger partial charge < -0.3 is 9.80 Å². The van der Waals surface area contributed by atoms with Gasteiger partial charge in [-0.2, -0.15) is 5.10 Å². The van der Waals surface area contributed by atoms with Gasteiger partial charge in [-0.3, -0.25) is 9.89 Å². The zero-order valence-electron chi connectivity index (χ0n) is 17.9. The number of aromatic nitrogens is 2. The van der Waals surface area contributed by atoms with Crippen LogP contribution in [0.15, 0.2) is 72.8 Å². The first-order valence-electron chi connectivity index (χ1n) is 10.7. The fourth-order valence-electron chi connectivity index (χ4n) is 4.44. The summed E-state index contributed by atoms with van der Waals surface area (Å²) in [5.41, 5.74) is 5.85. The summed E-state index contributed by atoms with van der Waals surface area (Å²) < 4.78 is 0. The van der Waals surface area contributed by atoms with Crippen molar-refractivity contribution in [3.8, 4) is 22.4 Å². The number of carbonyl (C=O) groups excluding carboxylic acids is 1. The highest BCUT2D eigenvalue weighted by Crippen LogP contribution is 2.35. The molecule has 0 unspecified atom stereocenters. The van der Waals surface area contributed by atoms with Gasteiger partial charge in [0.25, 0.3) is 5.91 Å². The Morgan fingerprint density at radius 3 is 2.48 bits per heavy atom. The SMILES string of the molecule is CN(C)[C@H]1CCN(C(=O)c2ccc3[nH]nc(-c4ccccc4-c4ccccc4)c3c2)C1. The third-order valence-corrected chi connectivity index (χ3v) is 6.26. The first kappa shape index (κ1) is 19.5. The van der Waals surface area contributed by atoms with Crippen molar-refractivity contribution in [1.82, 2.24) is 20.0 Å². The third kappa shape index (κ3) is 3.62. The van der Waals surface area contributed by atoms with Gasteiger partial charge in [-0.1, -0.05) is 54.6 Å². The van der Waals surface area contributed by atoms with E-state index >= 15 is 0 Å². The summed E-state index contributed by atoms with van der Waals surface area (Å²) in [5, 5.41) is 8.74. The lowest BCUT2D eigenvalue weighted by Gasteiger charge is -2.20. The molecule has 5 nitrogen and oxygen atoms in total. The molecule has 1 aromatic heterocycles. The molecule has 1 amide bonds. The molecule has 1 N–H and O–H groups in total. The van der Waals surface area contributed by atoms with Crippen molar-refractivity contribution in [3.63, 3.8) is 0 Å². The Balaban J connectivity index is 1.54. The van der Waals surface area contributed by atoms with Crippen molar-refractivity contribution in [1.29, 1.82) is 0 Å². The Kier molecular flexibility index (Phi) is 5.04. The molecule has 156 valence electrons. The van der Waals surface area contributed by atoms with Crippen LogP contribution in [0.25, 0.3) is 33.3 Å². The van der Waals surface area contributed by atoms with Crippen LogP contribution in [0.2, 0.25) is 0 Å². The molecule has 1 aliphatic rings. The molecule has 0 radical (unpaired) electrons. The lowest BCUT2D eigenvalue weighted by molar-refractivity contribution is 0.0783. The summed E-state index contributed by atoms with van der Waals surface area (Å²) in [6.07, 6.45) is 1.02. The minimum Gasteiger partial charge on any atom is -0.337 e. The zero-order valence-corrected chi connectivity index (χ0v) is 17.9. The van der Waals surface area contributed by atoms with Gasteiger partial charge in [-0.05, 0) is 49.8 Å². The minimum atomic E-state index is 0.0924. The Morgan fingerprint density at radius 2 is 1.74 bits per heavy atom. The maximum atomic E-state index is 13.2. The van der Waals surface area contributed by atoms with E-state index in [-0.39, 0.29) is 5.91 Å². The summed E-state index contributed by atoms with van der Waals surface area (Å²) in [7, 11) is 4.15. The molecule has 0 bridgehead atoms. The van der Waals surface area contributed by atoms with Gasteiger partial charge >= 0.3 is 0 Å². The molecule has 3 aromatic carbocycles. The number of likely N-dealkylation sites (tertiary alicyclic amines) is 1. The number of carbonyl (C=O) groups is 1. The van der Waals surface area contributed by atoms with Gasteiger partial charge in [0.05, 0.1) is 5.52 Å². The fraction of sp³-hybridized carbons (Fsp3) is 0.231. The molecule has 31 heavy (non-hydrogen) atoms. The van der Waals surface area contributed by atoms with Crippen molar-refractivity contribution in [2.24, 2.45) is 0 Å². The second kappa shape index (κ2) is 8.00. The second-order valence-electron chi connectivity index (χ2n) is 8.40. The molecule has 1 atom stereocenters. The first-order chi connectivity index (χ1) is 15.1. The number of H-pyrrole nitrogens is 1. The number of likely N-dealkylation sites (N-methyl/N-ethyl adjacent to an activating group) is 1. The monoisotopic (exact) mass is 410 g/mol. The second-order valence-corrected chi connectivity index (χ2v) is 8.40. The van der Waals surface area contributed by atoms with Crippen LogP contribution < -0.4 is 0 Å². The lowest BCUT2D eigenvalue weighted by atomic mass is 9.96. The van der Waals surface area contributed by atoms with Crippen LogP contribution in [-0.2, 0) is 0 Å². The molecule has 5 rings (SSSR count). The highest BCUT2D eigenvalue weighted by molar-refractivity contribution is 6.03. The number of aromatic amines is 1. The molecule has 0 spiro atoms. The highest BCUT2D eigenvalue weighted by Gasteiger charge is 2.28. The van der Waals surface area contributed by atoms with Crippen LogP contribution in [0.4, 0.5) is 0 Å². The number of amides is 1. The van der Waals surface area contributed by atoms with Crippen molar-refractivity contribution in [2.75, 3.05) is 27.2 Å². The Morgan fingerprint density at radius 1 is 1.00 bits per heavy atom. The minimum absolute atomic E-state index is 0.0924. The van der Waals surface area contributed by atoms with Gasteiger partial charge in [-0.25, -0.2) is 0 Å². The number of hydrogen-bond donors (Lipinski definition) is 1. The number of benzene rings is 3. The Hall–Kier alpha value is -3.44. The van der Waals surface area contributed by atoms with E-state index in [2.05, 4.69) is 53.5 Å². The summed E-state index contributed by atoms with van der Waals surface area (Å²) in [4.78, 5) is 17.4. The maximum absolute atomic E-state index is 13.2. The van der Waals surface area contributed by atoms with Crippen LogP contribution in [0.3, 0.4) is 0 Å². The van der Waals surface area contributed by atoms with Gasteiger partial charge in [-0.15, -0.1) is 0 Å². The van der Waals surface area contributed by atoms with E-state index in [1.165, 1.54) is 0 Å². The molecule has 1 aliphatic heterocycles. The van der Waals surface area contributed by atoms with E-state index in [0.717, 1.165) is 52.8 Å². The van der Waals surface area contributed by atoms with Crippen LogP contribution >= 0.6 is 0 Å². The van der Waals surface area contributed by atoms with Gasteiger partial charge in [0.1, 0.15) is 5.69 Å². The quantitative estimate of drug-likeness (QED) is 0.532. The maximum Gasteiger partial charge on any atom is 0.253 e. The summed E-state index contributed by atoms with van der Waals surface area (Å²) >= 11 is 0. The zero-order chi connectivity index (χ0) is 21.4. The standard InChI is InChI=1S/C26H26N4O/c1-29(2)20-14-15-30(17-20)26(31)19-12-13-24-23(16-19)25(28-27-24)22-11-7-6-10-21(22)18-8-4-3-5-9-18/h3-13,16,20H,14-15,17H2,1-2H3,(H,27,28)/t20-/m0/s1. The molecule has 5 heteroatoms. The van der Waals surface area contributed by atoms with E-state index < -0.39 is 0 Å². The summed E-state index contributed by atoms with van der Waals surface area (Å²) in [5.74, 6) is 0.0924. The number of hydrogen-bond acceptors (Lipinski definition) is 3. The van der Waals surface area contributed by atoms with E-state index in [1.807, 2.05) is 53.4 Å². The molecule has 0 aliphatic carbocycles.